The van der Waals surface area contributed by atoms with Gasteiger partial charge in [0.15, 0.2) is 0 Å². The number of nitrogens with one attached hydrogen (secondary N) is 2. The number of benzene rings is 1. The number of hydrogen-bond acceptors (Lipinski definition) is 5. The second-order valence-corrected chi connectivity index (χ2v) is 5.13. The molecule has 20 heavy (non-hydrogen) atoms. The van der Waals surface area contributed by atoms with Crippen molar-refractivity contribution in [2.24, 2.45) is 0 Å². The molecule has 1 aliphatic rings. The highest BCUT2D eigenvalue weighted by Gasteiger charge is 2.10. The first-order chi connectivity index (χ1) is 9.66. The van der Waals surface area contributed by atoms with Crippen LogP contribution in [0.1, 0.15) is 12.0 Å². The Hall–Kier alpha value is -1.66. The Morgan fingerprint density at radius 1 is 1.40 bits per heavy atom. The summed E-state index contributed by atoms with van der Waals surface area (Å²) in [7, 11) is 0. The third kappa shape index (κ3) is 4.18. The van der Waals surface area contributed by atoms with Crippen molar-refractivity contribution in [3.05, 3.63) is 33.9 Å². The van der Waals surface area contributed by atoms with Crippen LogP contribution in [0, 0.1) is 17.0 Å². The Morgan fingerprint density at radius 3 is 2.80 bits per heavy atom. The standard InChI is InChI=1S/C14H22N4O2/c1-12-11-13(3-4-14(12)18(19)20)16-5-2-8-17-9-6-15-7-10-17/h3-4,11,15-16H,2,5-10H2,1H3. The van der Waals surface area contributed by atoms with E-state index in [2.05, 4.69) is 15.5 Å². The van der Waals surface area contributed by atoms with Crippen LogP contribution in [0.15, 0.2) is 18.2 Å². The van der Waals surface area contributed by atoms with Crippen LogP contribution in [0.25, 0.3) is 0 Å². The maximum atomic E-state index is 10.7. The maximum absolute atomic E-state index is 10.7. The smallest absolute Gasteiger partial charge is 0.272 e. The van der Waals surface area contributed by atoms with Crippen molar-refractivity contribution in [1.82, 2.24) is 10.2 Å². The third-order valence-electron chi connectivity index (χ3n) is 3.58. The van der Waals surface area contributed by atoms with E-state index in [0.717, 1.165) is 51.4 Å². The van der Waals surface area contributed by atoms with Gasteiger partial charge in [0, 0.05) is 50.0 Å². The lowest BCUT2D eigenvalue weighted by molar-refractivity contribution is -0.385. The molecular weight excluding hydrogens is 256 g/mol. The Morgan fingerprint density at radius 2 is 2.15 bits per heavy atom. The minimum absolute atomic E-state index is 0.177. The summed E-state index contributed by atoms with van der Waals surface area (Å²) in [6.07, 6.45) is 1.08. The van der Waals surface area contributed by atoms with Gasteiger partial charge in [0.2, 0.25) is 0 Å². The summed E-state index contributed by atoms with van der Waals surface area (Å²) in [5.74, 6) is 0. The zero-order valence-corrected chi connectivity index (χ0v) is 11.9. The SMILES string of the molecule is Cc1cc(NCCCN2CCNCC2)ccc1[N+](=O)[O-]. The highest BCUT2D eigenvalue weighted by Crippen LogP contribution is 2.21. The first-order valence-electron chi connectivity index (χ1n) is 7.09. The molecule has 1 fully saturated rings. The van der Waals surface area contributed by atoms with Crippen molar-refractivity contribution in [1.29, 1.82) is 0 Å². The number of rotatable bonds is 6. The van der Waals surface area contributed by atoms with E-state index in [1.165, 1.54) is 0 Å². The van der Waals surface area contributed by atoms with E-state index in [9.17, 15) is 10.1 Å². The van der Waals surface area contributed by atoms with Gasteiger partial charge in [-0.1, -0.05) is 0 Å². The van der Waals surface area contributed by atoms with Gasteiger partial charge in [-0.15, -0.1) is 0 Å². The first-order valence-corrected chi connectivity index (χ1v) is 7.09. The second-order valence-electron chi connectivity index (χ2n) is 5.13. The topological polar surface area (TPSA) is 70.4 Å². The summed E-state index contributed by atoms with van der Waals surface area (Å²) >= 11 is 0. The van der Waals surface area contributed by atoms with E-state index in [0.29, 0.717) is 5.56 Å². The fraction of sp³-hybridized carbons (Fsp3) is 0.571. The van der Waals surface area contributed by atoms with E-state index in [1.807, 2.05) is 6.07 Å². The summed E-state index contributed by atoms with van der Waals surface area (Å²) in [6, 6.07) is 5.17. The van der Waals surface area contributed by atoms with Crippen molar-refractivity contribution < 1.29 is 4.92 Å². The first kappa shape index (κ1) is 14.7. The number of hydrogen-bond donors (Lipinski definition) is 2. The normalized spacial score (nSPS) is 16.1. The van der Waals surface area contributed by atoms with Gasteiger partial charge < -0.3 is 15.5 Å². The van der Waals surface area contributed by atoms with Crippen LogP contribution < -0.4 is 10.6 Å². The number of nitrogens with zero attached hydrogens (tertiary/aromatic N) is 2. The monoisotopic (exact) mass is 278 g/mol. The van der Waals surface area contributed by atoms with E-state index in [-0.39, 0.29) is 10.6 Å². The molecule has 1 aliphatic heterocycles. The summed E-state index contributed by atoms with van der Waals surface area (Å²) in [4.78, 5) is 12.9. The van der Waals surface area contributed by atoms with Crippen LogP contribution >= 0.6 is 0 Å². The van der Waals surface area contributed by atoms with E-state index in [1.54, 1.807) is 19.1 Å². The molecule has 110 valence electrons. The second kappa shape index (κ2) is 7.21. The quantitative estimate of drug-likeness (QED) is 0.470. The Kier molecular flexibility index (Phi) is 5.31. The van der Waals surface area contributed by atoms with E-state index < -0.39 is 0 Å². The number of anilines is 1. The zero-order valence-electron chi connectivity index (χ0n) is 11.9. The minimum atomic E-state index is -0.344. The molecule has 1 aromatic rings. The number of nitro groups is 1. The lowest BCUT2D eigenvalue weighted by atomic mass is 10.2. The average Bonchev–Trinajstić information content (AvgIpc) is 2.44. The zero-order chi connectivity index (χ0) is 14.4. The molecule has 0 unspecified atom stereocenters. The molecule has 1 saturated heterocycles. The van der Waals surface area contributed by atoms with Gasteiger partial charge in [0.1, 0.15) is 0 Å². The van der Waals surface area contributed by atoms with Gasteiger partial charge in [0.25, 0.3) is 5.69 Å². The van der Waals surface area contributed by atoms with Crippen LogP contribution in [-0.4, -0.2) is 49.1 Å². The van der Waals surface area contributed by atoms with Crippen LogP contribution in [0.2, 0.25) is 0 Å². The van der Waals surface area contributed by atoms with Gasteiger partial charge in [0.05, 0.1) is 4.92 Å². The average molecular weight is 278 g/mol. The molecule has 0 saturated carbocycles. The molecule has 0 bridgehead atoms. The highest BCUT2D eigenvalue weighted by molar-refractivity contribution is 5.53. The fourth-order valence-corrected chi connectivity index (χ4v) is 2.44. The molecule has 1 aromatic carbocycles. The van der Waals surface area contributed by atoms with Crippen LogP contribution in [0.4, 0.5) is 11.4 Å². The molecule has 1 heterocycles. The van der Waals surface area contributed by atoms with Gasteiger partial charge in [-0.05, 0) is 32.0 Å². The predicted octanol–water partition coefficient (Wildman–Crippen LogP) is 1.61. The van der Waals surface area contributed by atoms with Crippen LogP contribution in [-0.2, 0) is 0 Å². The molecule has 0 spiro atoms. The Bertz CT molecular complexity index is 458. The van der Waals surface area contributed by atoms with Gasteiger partial charge in [-0.3, -0.25) is 10.1 Å². The molecule has 2 rings (SSSR count). The highest BCUT2D eigenvalue weighted by atomic mass is 16.6. The van der Waals surface area contributed by atoms with E-state index >= 15 is 0 Å². The summed E-state index contributed by atoms with van der Waals surface area (Å²) in [5.41, 5.74) is 1.83. The number of aryl methyl sites for hydroxylation is 1. The maximum Gasteiger partial charge on any atom is 0.272 e. The van der Waals surface area contributed by atoms with Crippen LogP contribution in [0.5, 0.6) is 0 Å². The molecule has 0 radical (unpaired) electrons. The number of piperazine rings is 1. The molecule has 0 atom stereocenters. The molecule has 0 aliphatic carbocycles. The van der Waals surface area contributed by atoms with Crippen molar-refractivity contribution >= 4 is 11.4 Å². The molecule has 0 aromatic heterocycles. The van der Waals surface area contributed by atoms with Gasteiger partial charge >= 0.3 is 0 Å². The van der Waals surface area contributed by atoms with Gasteiger partial charge in [-0.2, -0.15) is 0 Å². The lowest BCUT2D eigenvalue weighted by Crippen LogP contribution is -2.44. The molecule has 6 nitrogen and oxygen atoms in total. The summed E-state index contributed by atoms with van der Waals surface area (Å²) in [5, 5.41) is 17.4. The Labute approximate surface area is 119 Å². The molecule has 2 N–H and O–H groups in total. The summed E-state index contributed by atoms with van der Waals surface area (Å²) < 4.78 is 0. The fourth-order valence-electron chi connectivity index (χ4n) is 2.44. The Balaban J connectivity index is 1.73. The minimum Gasteiger partial charge on any atom is -0.385 e. The van der Waals surface area contributed by atoms with Crippen LogP contribution in [0.3, 0.4) is 0 Å². The van der Waals surface area contributed by atoms with E-state index in [4.69, 9.17) is 0 Å². The predicted molar refractivity (Wildman–Crippen MR) is 80.2 cm³/mol. The largest absolute Gasteiger partial charge is 0.385 e. The number of nitro benzene ring substituents is 1. The third-order valence-corrected chi connectivity index (χ3v) is 3.58. The van der Waals surface area contributed by atoms with Crippen molar-refractivity contribution in [3.63, 3.8) is 0 Å². The summed E-state index contributed by atoms with van der Waals surface area (Å²) in [6.45, 7) is 8.16. The molecule has 6 heteroatoms. The molecular formula is C14H22N4O2. The molecule has 0 amide bonds. The van der Waals surface area contributed by atoms with Gasteiger partial charge in [-0.25, -0.2) is 0 Å². The lowest BCUT2D eigenvalue weighted by Gasteiger charge is -2.27. The van der Waals surface area contributed by atoms with Crippen molar-refractivity contribution in [2.45, 2.75) is 13.3 Å². The van der Waals surface area contributed by atoms with Crippen molar-refractivity contribution in [2.75, 3.05) is 44.6 Å². The van der Waals surface area contributed by atoms with Crippen molar-refractivity contribution in [3.8, 4) is 0 Å².